The summed E-state index contributed by atoms with van der Waals surface area (Å²) in [7, 11) is 1.63. The number of imidazole rings is 1. The van der Waals surface area contributed by atoms with Gasteiger partial charge in [0.05, 0.1) is 6.33 Å². The normalized spacial score (nSPS) is 25.1. The van der Waals surface area contributed by atoms with Gasteiger partial charge < -0.3 is 35.7 Å². The highest BCUT2D eigenvalue weighted by Crippen LogP contribution is 2.42. The van der Waals surface area contributed by atoms with E-state index in [0.29, 0.717) is 11.3 Å². The zero-order valence-electron chi connectivity index (χ0n) is 21.4. The van der Waals surface area contributed by atoms with E-state index in [0.717, 1.165) is 0 Å². The van der Waals surface area contributed by atoms with E-state index in [-0.39, 0.29) is 17.5 Å². The molecule has 200 valence electrons. The number of carbonyl (C=O) groups excluding carboxylic acids is 2. The van der Waals surface area contributed by atoms with Crippen molar-refractivity contribution in [1.82, 2.24) is 24.8 Å². The fourth-order valence-corrected chi connectivity index (χ4v) is 3.82. The molecule has 5 N–H and O–H groups in total. The summed E-state index contributed by atoms with van der Waals surface area (Å²) in [4.78, 5) is 37.3. The van der Waals surface area contributed by atoms with Crippen molar-refractivity contribution in [3.63, 3.8) is 0 Å². The monoisotopic (exact) mass is 511 g/mol. The molecule has 0 saturated carbocycles. The number of amides is 1. The molecule has 0 unspecified atom stereocenters. The molecule has 1 aliphatic heterocycles. The number of carbonyl (C=O) groups is 2. The molecular weight excluding hydrogens is 477 g/mol. The number of ether oxygens (including phenoxy) is 3. The maximum absolute atomic E-state index is 15.7. The zero-order valence-corrected chi connectivity index (χ0v) is 21.4. The molecular formula is C22H34FN7O6. The number of halogens is 1. The van der Waals surface area contributed by atoms with E-state index in [1.54, 1.807) is 41.7 Å². The number of aliphatic hydroxyl groups is 1. The first-order chi connectivity index (χ1) is 16.7. The predicted molar refractivity (Wildman–Crippen MR) is 128 cm³/mol. The minimum atomic E-state index is -2.30. The number of esters is 1. The van der Waals surface area contributed by atoms with Crippen LogP contribution < -0.4 is 16.4 Å². The van der Waals surface area contributed by atoms with Crippen molar-refractivity contribution >= 4 is 35.0 Å². The van der Waals surface area contributed by atoms with Crippen LogP contribution in [0.1, 0.15) is 47.8 Å². The lowest BCUT2D eigenvalue weighted by molar-refractivity contribution is -0.153. The number of fused-ring (bicyclic) bond motifs is 1. The van der Waals surface area contributed by atoms with E-state index in [9.17, 15) is 14.7 Å². The van der Waals surface area contributed by atoms with Crippen LogP contribution in [-0.2, 0) is 19.0 Å². The van der Waals surface area contributed by atoms with Gasteiger partial charge in [0.1, 0.15) is 30.5 Å². The third-order valence-corrected chi connectivity index (χ3v) is 5.63. The van der Waals surface area contributed by atoms with Gasteiger partial charge in [-0.15, -0.1) is 0 Å². The quantitative estimate of drug-likeness (QED) is 0.397. The average Bonchev–Trinajstić information content (AvgIpc) is 3.26. The average molecular weight is 512 g/mol. The summed E-state index contributed by atoms with van der Waals surface area (Å²) in [6, 6.07) is -1.02. The van der Waals surface area contributed by atoms with Crippen LogP contribution in [-0.4, -0.2) is 79.9 Å². The summed E-state index contributed by atoms with van der Waals surface area (Å²) in [5.41, 5.74) is 3.26. The first-order valence-electron chi connectivity index (χ1n) is 11.5. The lowest BCUT2D eigenvalue weighted by Crippen LogP contribution is -2.48. The van der Waals surface area contributed by atoms with Crippen LogP contribution in [0.15, 0.2) is 6.33 Å². The molecule has 0 bridgehead atoms. The Kier molecular flexibility index (Phi) is 7.60. The van der Waals surface area contributed by atoms with Crippen LogP contribution >= 0.6 is 0 Å². The second kappa shape index (κ2) is 10.0. The number of nitrogens with zero attached hydrogens (tertiary/aromatic N) is 4. The summed E-state index contributed by atoms with van der Waals surface area (Å²) < 4.78 is 33.3. The SMILES string of the molecule is CNc1nc(N)nc2c1ncn2[C@@H]1O[C@H](COC(=O)[C@@H](NC(=O)OC(C)(C)C)C(C)C)[C@@H](O)[C@@]1(C)F. The highest BCUT2D eigenvalue weighted by Gasteiger charge is 2.56. The Bertz CT molecular complexity index is 1120. The maximum atomic E-state index is 15.7. The number of aliphatic hydroxyl groups excluding tert-OH is 1. The van der Waals surface area contributed by atoms with E-state index in [1.807, 2.05) is 0 Å². The molecule has 0 aromatic carbocycles. The molecule has 5 atom stereocenters. The van der Waals surface area contributed by atoms with Gasteiger partial charge >= 0.3 is 12.1 Å². The van der Waals surface area contributed by atoms with Crippen molar-refractivity contribution in [2.45, 2.75) is 77.3 Å². The smallest absolute Gasteiger partial charge is 0.408 e. The standard InChI is InChI=1S/C22H34FN7O6/c1-10(2)12(27-20(33)36-21(3,4)5)17(32)34-8-11-14(31)22(6,23)18(35-11)30-9-26-13-15(25-7)28-19(24)29-16(13)30/h9-12,14,18,31H,8H2,1-7H3,(H,27,33)(H3,24,25,28,29)/t11-,12+,14-,18-,22-/m1/s1. The molecule has 0 spiro atoms. The molecule has 3 heterocycles. The number of hydrogen-bond acceptors (Lipinski definition) is 11. The van der Waals surface area contributed by atoms with Crippen molar-refractivity contribution in [3.05, 3.63) is 6.33 Å². The van der Waals surface area contributed by atoms with Gasteiger partial charge in [-0.2, -0.15) is 9.97 Å². The van der Waals surface area contributed by atoms with Gasteiger partial charge in [0.25, 0.3) is 0 Å². The van der Waals surface area contributed by atoms with Crippen molar-refractivity contribution < 1.29 is 33.3 Å². The number of anilines is 2. The van der Waals surface area contributed by atoms with Gasteiger partial charge in [-0.05, 0) is 33.6 Å². The topological polar surface area (TPSA) is 176 Å². The fraction of sp³-hybridized carbons (Fsp3) is 0.682. The molecule has 0 radical (unpaired) electrons. The number of nitrogens with one attached hydrogen (secondary N) is 2. The molecule has 14 heteroatoms. The maximum Gasteiger partial charge on any atom is 0.408 e. The Morgan fingerprint density at radius 1 is 1.36 bits per heavy atom. The molecule has 36 heavy (non-hydrogen) atoms. The Labute approximate surface area is 207 Å². The van der Waals surface area contributed by atoms with Gasteiger partial charge in [-0.1, -0.05) is 13.8 Å². The predicted octanol–water partition coefficient (Wildman–Crippen LogP) is 1.53. The van der Waals surface area contributed by atoms with Gasteiger partial charge in [0.15, 0.2) is 28.9 Å². The third-order valence-electron chi connectivity index (χ3n) is 5.63. The van der Waals surface area contributed by atoms with Crippen LogP contribution in [0, 0.1) is 5.92 Å². The number of aromatic nitrogens is 4. The fourth-order valence-electron chi connectivity index (χ4n) is 3.82. The summed E-state index contributed by atoms with van der Waals surface area (Å²) in [6.07, 6.45) is -3.67. The Hall–Kier alpha value is -3.26. The highest BCUT2D eigenvalue weighted by molar-refractivity contribution is 5.84. The summed E-state index contributed by atoms with van der Waals surface area (Å²) in [6.45, 7) is 9.24. The summed E-state index contributed by atoms with van der Waals surface area (Å²) >= 11 is 0. The molecule has 2 aromatic rings. The number of alkyl carbamates (subject to hydrolysis) is 1. The molecule has 1 aliphatic rings. The minimum Gasteiger partial charge on any atom is -0.461 e. The number of nitrogens with two attached hydrogens (primary N) is 1. The van der Waals surface area contributed by atoms with Crippen LogP contribution in [0.2, 0.25) is 0 Å². The highest BCUT2D eigenvalue weighted by atomic mass is 19.1. The van der Waals surface area contributed by atoms with E-state index in [4.69, 9.17) is 19.9 Å². The lowest BCUT2D eigenvalue weighted by Gasteiger charge is -2.25. The summed E-state index contributed by atoms with van der Waals surface area (Å²) in [5, 5.41) is 16.0. The molecule has 0 aliphatic carbocycles. The van der Waals surface area contributed by atoms with Crippen LogP contribution in [0.3, 0.4) is 0 Å². The number of nitrogen functional groups attached to an aromatic ring is 1. The first-order valence-corrected chi connectivity index (χ1v) is 11.5. The molecule has 1 amide bonds. The first kappa shape index (κ1) is 27.3. The third kappa shape index (κ3) is 5.59. The molecule has 1 saturated heterocycles. The van der Waals surface area contributed by atoms with E-state index >= 15 is 4.39 Å². The van der Waals surface area contributed by atoms with Gasteiger partial charge in [0.2, 0.25) is 5.95 Å². The van der Waals surface area contributed by atoms with Crippen molar-refractivity contribution in [2.24, 2.45) is 5.92 Å². The lowest BCUT2D eigenvalue weighted by atomic mass is 9.98. The van der Waals surface area contributed by atoms with Crippen LogP contribution in [0.4, 0.5) is 21.0 Å². The van der Waals surface area contributed by atoms with Crippen molar-refractivity contribution in [1.29, 1.82) is 0 Å². The van der Waals surface area contributed by atoms with Gasteiger partial charge in [0, 0.05) is 7.05 Å². The zero-order chi connectivity index (χ0) is 27.0. The van der Waals surface area contributed by atoms with Crippen molar-refractivity contribution in [2.75, 3.05) is 24.7 Å². The second-order valence-electron chi connectivity index (χ2n) is 10.1. The largest absolute Gasteiger partial charge is 0.461 e. The number of alkyl halides is 1. The number of rotatable bonds is 7. The van der Waals surface area contributed by atoms with E-state index in [2.05, 4.69) is 25.6 Å². The second-order valence-corrected chi connectivity index (χ2v) is 10.1. The molecule has 1 fully saturated rings. The molecule has 2 aromatic heterocycles. The van der Waals surface area contributed by atoms with Crippen LogP contribution in [0.25, 0.3) is 11.2 Å². The van der Waals surface area contributed by atoms with E-state index < -0.39 is 54.4 Å². The Morgan fingerprint density at radius 2 is 2.03 bits per heavy atom. The molecule has 13 nitrogen and oxygen atoms in total. The Morgan fingerprint density at radius 3 is 2.61 bits per heavy atom. The van der Waals surface area contributed by atoms with Gasteiger partial charge in [-0.25, -0.2) is 19.0 Å². The number of hydrogen-bond donors (Lipinski definition) is 4. The van der Waals surface area contributed by atoms with Crippen LogP contribution in [0.5, 0.6) is 0 Å². The van der Waals surface area contributed by atoms with Gasteiger partial charge in [-0.3, -0.25) is 4.57 Å². The van der Waals surface area contributed by atoms with E-state index in [1.165, 1.54) is 17.8 Å². The summed E-state index contributed by atoms with van der Waals surface area (Å²) in [5.74, 6) is -0.821. The Balaban J connectivity index is 1.74. The van der Waals surface area contributed by atoms with Crippen molar-refractivity contribution in [3.8, 4) is 0 Å². The molecule has 3 rings (SSSR count). The minimum absolute atomic E-state index is 0.0598.